The number of carboxylic acids is 1. The second-order valence-corrected chi connectivity index (χ2v) is 10.8. The minimum Gasteiger partial charge on any atom is -0.478 e. The van der Waals surface area contributed by atoms with Gasteiger partial charge in [0.05, 0.1) is 17.1 Å². The van der Waals surface area contributed by atoms with Crippen molar-refractivity contribution >= 4 is 40.7 Å². The van der Waals surface area contributed by atoms with Crippen LogP contribution in [0.25, 0.3) is 0 Å². The number of benzene rings is 2. The Morgan fingerprint density at radius 3 is 2.32 bits per heavy atom. The third kappa shape index (κ3) is 7.99. The summed E-state index contributed by atoms with van der Waals surface area (Å²) < 4.78 is 20.1. The summed E-state index contributed by atoms with van der Waals surface area (Å²) in [5.41, 5.74) is 1.27. The van der Waals surface area contributed by atoms with Crippen LogP contribution in [-0.2, 0) is 4.79 Å². The SMILES string of the molecule is CC(C)CN(c1ccc(OC(C(=O)O)C(C)C)cc1NC(=O)Nc1ccc(Cl)cc1F)C1CCCCC1. The van der Waals surface area contributed by atoms with Gasteiger partial charge in [0, 0.05) is 29.6 Å². The van der Waals surface area contributed by atoms with Gasteiger partial charge >= 0.3 is 12.0 Å². The lowest BCUT2D eigenvalue weighted by Gasteiger charge is -2.38. The van der Waals surface area contributed by atoms with E-state index >= 15 is 0 Å². The van der Waals surface area contributed by atoms with Crippen molar-refractivity contribution in [1.82, 2.24) is 0 Å². The molecule has 1 saturated carbocycles. The van der Waals surface area contributed by atoms with Crippen molar-refractivity contribution in [3.8, 4) is 5.75 Å². The molecule has 0 aliphatic heterocycles. The van der Waals surface area contributed by atoms with Crippen molar-refractivity contribution in [2.45, 2.75) is 71.9 Å². The average molecular weight is 534 g/mol. The fourth-order valence-electron chi connectivity index (χ4n) is 4.65. The highest BCUT2D eigenvalue weighted by atomic mass is 35.5. The molecule has 1 fully saturated rings. The van der Waals surface area contributed by atoms with Crippen LogP contribution in [0, 0.1) is 17.7 Å². The van der Waals surface area contributed by atoms with E-state index in [-0.39, 0.29) is 16.6 Å². The summed E-state index contributed by atoms with van der Waals surface area (Å²) in [5, 5.41) is 15.2. The van der Waals surface area contributed by atoms with Crippen molar-refractivity contribution in [3.05, 3.63) is 47.2 Å². The van der Waals surface area contributed by atoms with Crippen LogP contribution in [0.15, 0.2) is 36.4 Å². The molecule has 202 valence electrons. The second-order valence-electron chi connectivity index (χ2n) is 10.3. The molecule has 0 radical (unpaired) electrons. The minimum absolute atomic E-state index is 0.00655. The fourth-order valence-corrected chi connectivity index (χ4v) is 4.81. The largest absolute Gasteiger partial charge is 0.478 e. The van der Waals surface area contributed by atoms with E-state index in [9.17, 15) is 19.1 Å². The van der Waals surface area contributed by atoms with Gasteiger partial charge in [-0.1, -0.05) is 58.6 Å². The quantitative estimate of drug-likeness (QED) is 0.296. The number of halogens is 2. The van der Waals surface area contributed by atoms with Crippen LogP contribution < -0.4 is 20.3 Å². The zero-order valence-corrected chi connectivity index (χ0v) is 22.6. The van der Waals surface area contributed by atoms with E-state index in [0.717, 1.165) is 44.0 Å². The van der Waals surface area contributed by atoms with Crippen LogP contribution in [-0.4, -0.2) is 35.8 Å². The average Bonchev–Trinajstić information content (AvgIpc) is 2.83. The zero-order valence-electron chi connectivity index (χ0n) is 21.9. The molecule has 1 aliphatic rings. The molecule has 0 saturated heterocycles. The Balaban J connectivity index is 1.96. The number of carbonyl (C=O) groups excluding carboxylic acids is 1. The molecule has 2 aromatic carbocycles. The Labute approximate surface area is 223 Å². The smallest absolute Gasteiger partial charge is 0.345 e. The fraction of sp³-hybridized carbons (Fsp3) is 0.500. The molecule has 1 atom stereocenters. The maximum atomic E-state index is 14.3. The molecule has 3 rings (SSSR count). The number of urea groups is 1. The minimum atomic E-state index is -1.06. The number of carboxylic acid groups (broad SMARTS) is 1. The van der Waals surface area contributed by atoms with E-state index in [1.54, 1.807) is 26.0 Å². The first kappa shape index (κ1) is 28.6. The maximum Gasteiger partial charge on any atom is 0.345 e. The number of carbonyl (C=O) groups is 2. The summed E-state index contributed by atoms with van der Waals surface area (Å²) in [6.07, 6.45) is 4.58. The van der Waals surface area contributed by atoms with E-state index in [2.05, 4.69) is 29.4 Å². The first-order valence-electron chi connectivity index (χ1n) is 12.9. The summed E-state index contributed by atoms with van der Waals surface area (Å²) in [5.74, 6) is -1.27. The van der Waals surface area contributed by atoms with Gasteiger partial charge in [0.1, 0.15) is 11.6 Å². The molecule has 7 nitrogen and oxygen atoms in total. The molecule has 1 unspecified atom stereocenters. The predicted octanol–water partition coefficient (Wildman–Crippen LogP) is 7.41. The first-order valence-corrected chi connectivity index (χ1v) is 13.3. The third-order valence-corrected chi connectivity index (χ3v) is 6.63. The monoisotopic (exact) mass is 533 g/mol. The Hall–Kier alpha value is -3.00. The van der Waals surface area contributed by atoms with Crippen LogP contribution in [0.1, 0.15) is 59.8 Å². The predicted molar refractivity (Wildman–Crippen MR) is 146 cm³/mol. The highest BCUT2D eigenvalue weighted by Crippen LogP contribution is 2.36. The molecule has 9 heteroatoms. The molecular weight excluding hydrogens is 497 g/mol. The van der Waals surface area contributed by atoms with Crippen molar-refractivity contribution in [2.24, 2.45) is 11.8 Å². The van der Waals surface area contributed by atoms with E-state index in [0.29, 0.717) is 23.4 Å². The van der Waals surface area contributed by atoms with Gasteiger partial charge in [-0.15, -0.1) is 0 Å². The molecule has 0 heterocycles. The van der Waals surface area contributed by atoms with Crippen LogP contribution in [0.4, 0.5) is 26.2 Å². The van der Waals surface area contributed by atoms with Gasteiger partial charge in [-0.05, 0) is 49.1 Å². The van der Waals surface area contributed by atoms with E-state index in [1.807, 2.05) is 6.07 Å². The van der Waals surface area contributed by atoms with Crippen molar-refractivity contribution in [3.63, 3.8) is 0 Å². The molecule has 3 N–H and O–H groups in total. The third-order valence-electron chi connectivity index (χ3n) is 6.39. The van der Waals surface area contributed by atoms with Gasteiger partial charge in [0.2, 0.25) is 0 Å². The summed E-state index contributed by atoms with van der Waals surface area (Å²) in [7, 11) is 0. The van der Waals surface area contributed by atoms with E-state index < -0.39 is 23.9 Å². The molecule has 2 aromatic rings. The maximum absolute atomic E-state index is 14.3. The zero-order chi connectivity index (χ0) is 27.1. The standard InChI is InChI=1S/C28H37ClFN3O4/c1-17(2)16-33(20-8-6-5-7-9-20)25-13-11-21(37-26(18(3)4)27(34)35)15-24(25)32-28(36)31-23-12-10-19(29)14-22(23)30/h10-15,17-18,20,26H,5-9,16H2,1-4H3,(H,34,35)(H2,31,32,36). The Morgan fingerprint density at radius 1 is 1.05 bits per heavy atom. The molecule has 37 heavy (non-hydrogen) atoms. The van der Waals surface area contributed by atoms with Crippen molar-refractivity contribution < 1.29 is 23.8 Å². The molecule has 1 aliphatic carbocycles. The van der Waals surface area contributed by atoms with Gasteiger partial charge < -0.3 is 25.4 Å². The summed E-state index contributed by atoms with van der Waals surface area (Å²) in [6.45, 7) is 8.63. The first-order chi connectivity index (χ1) is 17.5. The lowest BCUT2D eigenvalue weighted by atomic mass is 9.93. The highest BCUT2D eigenvalue weighted by molar-refractivity contribution is 6.30. The van der Waals surface area contributed by atoms with Crippen LogP contribution in [0.3, 0.4) is 0 Å². The summed E-state index contributed by atoms with van der Waals surface area (Å²) in [6, 6.07) is 8.95. The number of ether oxygens (including phenoxy) is 1. The Kier molecular flexibility index (Phi) is 10.0. The van der Waals surface area contributed by atoms with Crippen LogP contribution in [0.5, 0.6) is 5.75 Å². The number of amides is 2. The van der Waals surface area contributed by atoms with Gasteiger partial charge in [0.25, 0.3) is 0 Å². The summed E-state index contributed by atoms with van der Waals surface area (Å²) >= 11 is 5.83. The number of nitrogens with zero attached hydrogens (tertiary/aromatic N) is 1. The van der Waals surface area contributed by atoms with E-state index in [1.165, 1.54) is 18.6 Å². The second kappa shape index (κ2) is 13.0. The summed E-state index contributed by atoms with van der Waals surface area (Å²) in [4.78, 5) is 27.0. The van der Waals surface area contributed by atoms with Gasteiger partial charge in [0.15, 0.2) is 6.10 Å². The molecule has 0 spiro atoms. The molecule has 0 bridgehead atoms. The molecule has 0 aromatic heterocycles. The topological polar surface area (TPSA) is 90.9 Å². The number of aliphatic carboxylic acids is 1. The highest BCUT2D eigenvalue weighted by Gasteiger charge is 2.27. The van der Waals surface area contributed by atoms with Gasteiger partial charge in [-0.3, -0.25) is 0 Å². The lowest BCUT2D eigenvalue weighted by Crippen LogP contribution is -2.40. The van der Waals surface area contributed by atoms with Crippen LogP contribution >= 0.6 is 11.6 Å². The van der Waals surface area contributed by atoms with Crippen molar-refractivity contribution in [2.75, 3.05) is 22.1 Å². The van der Waals surface area contributed by atoms with Gasteiger partial charge in [-0.2, -0.15) is 0 Å². The number of hydrogen-bond donors (Lipinski definition) is 3. The van der Waals surface area contributed by atoms with Crippen LogP contribution in [0.2, 0.25) is 5.02 Å². The number of nitrogens with one attached hydrogen (secondary N) is 2. The normalized spacial score (nSPS) is 14.9. The van der Waals surface area contributed by atoms with Gasteiger partial charge in [-0.25, -0.2) is 14.0 Å². The number of anilines is 3. The van der Waals surface area contributed by atoms with E-state index in [4.69, 9.17) is 16.3 Å². The van der Waals surface area contributed by atoms with Crippen molar-refractivity contribution in [1.29, 1.82) is 0 Å². The lowest BCUT2D eigenvalue weighted by molar-refractivity contribution is -0.147. The molecule has 2 amide bonds. The Bertz CT molecular complexity index is 1090. The molecular formula is C28H37ClFN3O4. The number of hydrogen-bond acceptors (Lipinski definition) is 4. The number of rotatable bonds is 10. The Morgan fingerprint density at radius 2 is 1.73 bits per heavy atom.